The van der Waals surface area contributed by atoms with Gasteiger partial charge in [0, 0.05) is 24.1 Å². The molecule has 0 saturated carbocycles. The normalized spacial score (nSPS) is 14.6. The van der Waals surface area contributed by atoms with Crippen molar-refractivity contribution in [2.75, 3.05) is 5.32 Å². The predicted octanol–water partition coefficient (Wildman–Crippen LogP) is 4.72. The van der Waals surface area contributed by atoms with Crippen molar-refractivity contribution in [2.24, 2.45) is 4.99 Å². The molecule has 1 aliphatic rings. The summed E-state index contributed by atoms with van der Waals surface area (Å²) in [6, 6.07) is 24.1. The Bertz CT molecular complexity index is 2060. The number of nitro benzene ring substituents is 1. The van der Waals surface area contributed by atoms with Gasteiger partial charge in [0.1, 0.15) is 0 Å². The van der Waals surface area contributed by atoms with Gasteiger partial charge in [-0.05, 0) is 60.2 Å². The van der Waals surface area contributed by atoms with Crippen LogP contribution in [-0.2, 0) is 4.79 Å². The fourth-order valence-electron chi connectivity index (χ4n) is 4.72. The molecule has 6 rings (SSSR count). The van der Waals surface area contributed by atoms with E-state index in [2.05, 4.69) is 20.3 Å². The van der Waals surface area contributed by atoms with Crippen molar-refractivity contribution in [1.29, 1.82) is 0 Å². The number of nitrogens with one attached hydrogen (secondary N) is 1. The maximum absolute atomic E-state index is 13.9. The largest absolute Gasteiger partial charge is 0.322 e. The van der Waals surface area contributed by atoms with Crippen LogP contribution >= 0.6 is 23.1 Å². The number of amides is 1. The minimum Gasteiger partial charge on any atom is -0.322 e. The SMILES string of the molecule is CC1=C(C(=O)Nc2ccccc2)[C@@H](c2ccccc2)n2c(s/c(=C/c3ccc(Sc4ncccn4)c([N+](=O)[O-])c3)c2=O)=N1. The quantitative estimate of drug-likeness (QED) is 0.161. The third-order valence-corrected chi connectivity index (χ3v) is 8.58. The number of benzene rings is 3. The lowest BCUT2D eigenvalue weighted by molar-refractivity contribution is -0.387. The van der Waals surface area contributed by atoms with Crippen molar-refractivity contribution in [3.05, 3.63) is 150 Å². The van der Waals surface area contributed by atoms with Gasteiger partial charge >= 0.3 is 0 Å². The van der Waals surface area contributed by atoms with Crippen LogP contribution in [0.1, 0.15) is 24.1 Å². The van der Waals surface area contributed by atoms with E-state index in [1.54, 1.807) is 55.7 Å². The number of nitrogens with zero attached hydrogens (tertiary/aromatic N) is 5. The second-order valence-electron chi connectivity index (χ2n) is 9.43. The topological polar surface area (TPSA) is 132 Å². The van der Waals surface area contributed by atoms with Gasteiger partial charge in [-0.1, -0.05) is 65.9 Å². The Balaban J connectivity index is 1.43. The standard InChI is InChI=1S/C31H22N6O4S2/c1-19-26(28(38)35-22-11-6-3-7-12-22)27(21-9-4-2-5-10-21)36-29(39)25(43-31(36)34-19)18-20-13-14-24(23(17-20)37(40)41)42-30-32-15-8-16-33-30/h2-18,27H,1H3,(H,35,38)/b25-18+/t27-/m1/s1. The van der Waals surface area contributed by atoms with E-state index in [4.69, 9.17) is 0 Å². The Morgan fingerprint density at radius 2 is 1.72 bits per heavy atom. The van der Waals surface area contributed by atoms with Gasteiger partial charge in [0.05, 0.1) is 31.7 Å². The van der Waals surface area contributed by atoms with Gasteiger partial charge in [-0.3, -0.25) is 24.3 Å². The molecule has 5 aromatic rings. The lowest BCUT2D eigenvalue weighted by Crippen LogP contribution is -2.40. The van der Waals surface area contributed by atoms with Crippen molar-refractivity contribution < 1.29 is 9.72 Å². The molecule has 212 valence electrons. The van der Waals surface area contributed by atoms with Gasteiger partial charge in [0.2, 0.25) is 0 Å². The zero-order valence-electron chi connectivity index (χ0n) is 22.6. The summed E-state index contributed by atoms with van der Waals surface area (Å²) in [6.45, 7) is 1.75. The number of anilines is 1. The van der Waals surface area contributed by atoms with Crippen LogP contribution in [0.3, 0.4) is 0 Å². The molecule has 0 spiro atoms. The van der Waals surface area contributed by atoms with Gasteiger partial charge in [-0.25, -0.2) is 15.0 Å². The first-order valence-electron chi connectivity index (χ1n) is 13.1. The summed E-state index contributed by atoms with van der Waals surface area (Å²) in [5, 5.41) is 15.2. The fraction of sp³-hybridized carbons (Fsp3) is 0.0645. The van der Waals surface area contributed by atoms with Crippen LogP contribution in [0, 0.1) is 10.1 Å². The highest BCUT2D eigenvalue weighted by Gasteiger charge is 2.32. The van der Waals surface area contributed by atoms with E-state index in [1.807, 2.05) is 48.5 Å². The third kappa shape index (κ3) is 5.78. The van der Waals surface area contributed by atoms with Crippen molar-refractivity contribution >= 4 is 46.5 Å². The number of aromatic nitrogens is 3. The van der Waals surface area contributed by atoms with E-state index >= 15 is 0 Å². The number of carbonyl (C=O) groups is 1. The second-order valence-corrected chi connectivity index (χ2v) is 11.4. The Hall–Kier alpha value is -5.20. The minimum absolute atomic E-state index is 0.128. The van der Waals surface area contributed by atoms with E-state index in [-0.39, 0.29) is 17.2 Å². The molecule has 3 aromatic carbocycles. The maximum Gasteiger partial charge on any atom is 0.283 e. The molecule has 3 heterocycles. The van der Waals surface area contributed by atoms with Crippen LogP contribution < -0.4 is 20.2 Å². The van der Waals surface area contributed by atoms with Crippen molar-refractivity contribution in [3.63, 3.8) is 0 Å². The molecule has 43 heavy (non-hydrogen) atoms. The van der Waals surface area contributed by atoms with Crippen LogP contribution in [0.4, 0.5) is 11.4 Å². The summed E-state index contributed by atoms with van der Waals surface area (Å²) in [4.78, 5) is 52.7. The van der Waals surface area contributed by atoms with E-state index in [1.165, 1.54) is 22.0 Å². The molecule has 0 saturated heterocycles. The lowest BCUT2D eigenvalue weighted by atomic mass is 9.95. The molecule has 12 heteroatoms. The fourth-order valence-corrected chi connectivity index (χ4v) is 6.57. The molecule has 1 atom stereocenters. The number of fused-ring (bicyclic) bond motifs is 1. The molecule has 0 fully saturated rings. The van der Waals surface area contributed by atoms with Crippen LogP contribution in [0.2, 0.25) is 0 Å². The van der Waals surface area contributed by atoms with Crippen molar-refractivity contribution in [3.8, 4) is 0 Å². The molecule has 1 aliphatic heterocycles. The summed E-state index contributed by atoms with van der Waals surface area (Å²) in [5.74, 6) is -0.360. The zero-order valence-corrected chi connectivity index (χ0v) is 24.2. The number of nitro groups is 1. The number of hydrogen-bond donors (Lipinski definition) is 1. The Labute approximate surface area is 253 Å². The van der Waals surface area contributed by atoms with Gasteiger partial charge in [-0.15, -0.1) is 0 Å². The highest BCUT2D eigenvalue weighted by Crippen LogP contribution is 2.34. The average molecular weight is 607 g/mol. The molecule has 0 bridgehead atoms. The van der Waals surface area contributed by atoms with Crippen molar-refractivity contribution in [1.82, 2.24) is 14.5 Å². The average Bonchev–Trinajstić information content (AvgIpc) is 3.32. The summed E-state index contributed by atoms with van der Waals surface area (Å²) in [7, 11) is 0. The number of allylic oxidation sites excluding steroid dienone is 1. The van der Waals surface area contributed by atoms with Gasteiger partial charge in [0.15, 0.2) is 9.96 Å². The first kappa shape index (κ1) is 27.9. The lowest BCUT2D eigenvalue weighted by Gasteiger charge is -2.25. The first-order chi connectivity index (χ1) is 20.9. The maximum atomic E-state index is 13.9. The molecule has 1 N–H and O–H groups in total. The van der Waals surface area contributed by atoms with Crippen molar-refractivity contribution in [2.45, 2.75) is 23.0 Å². The van der Waals surface area contributed by atoms with E-state index < -0.39 is 11.0 Å². The summed E-state index contributed by atoms with van der Waals surface area (Å²) in [5.41, 5.74) is 2.22. The van der Waals surface area contributed by atoms with E-state index in [0.29, 0.717) is 41.9 Å². The Morgan fingerprint density at radius 3 is 2.42 bits per heavy atom. The number of rotatable bonds is 7. The molecule has 0 unspecified atom stereocenters. The molecular formula is C31H22N6O4S2. The Morgan fingerprint density at radius 1 is 1.02 bits per heavy atom. The molecule has 10 nitrogen and oxygen atoms in total. The number of para-hydroxylation sites is 1. The molecular weight excluding hydrogens is 585 g/mol. The monoisotopic (exact) mass is 606 g/mol. The zero-order chi connectivity index (χ0) is 29.9. The van der Waals surface area contributed by atoms with Gasteiger partial charge < -0.3 is 5.32 Å². The predicted molar refractivity (Wildman–Crippen MR) is 165 cm³/mol. The molecule has 0 aliphatic carbocycles. The minimum atomic E-state index is -0.720. The third-order valence-electron chi connectivity index (χ3n) is 6.63. The van der Waals surface area contributed by atoms with Crippen LogP contribution in [0.15, 0.2) is 128 Å². The summed E-state index contributed by atoms with van der Waals surface area (Å²) < 4.78 is 1.85. The molecule has 1 amide bonds. The van der Waals surface area contributed by atoms with Crippen LogP contribution in [0.25, 0.3) is 6.08 Å². The van der Waals surface area contributed by atoms with E-state index in [9.17, 15) is 19.7 Å². The number of hydrogen-bond acceptors (Lipinski definition) is 9. The van der Waals surface area contributed by atoms with Gasteiger partial charge in [0.25, 0.3) is 17.2 Å². The Kier molecular flexibility index (Phi) is 7.77. The summed E-state index contributed by atoms with van der Waals surface area (Å²) >= 11 is 2.25. The smallest absolute Gasteiger partial charge is 0.283 e. The first-order valence-corrected chi connectivity index (χ1v) is 14.7. The molecule has 2 aromatic heterocycles. The highest BCUT2D eigenvalue weighted by atomic mass is 32.2. The number of carbonyl (C=O) groups excluding carboxylic acids is 1. The number of thiazole rings is 1. The van der Waals surface area contributed by atoms with Crippen LogP contribution in [0.5, 0.6) is 0 Å². The second kappa shape index (κ2) is 12.0. The van der Waals surface area contributed by atoms with Gasteiger partial charge in [-0.2, -0.15) is 0 Å². The van der Waals surface area contributed by atoms with E-state index in [0.717, 1.165) is 17.3 Å². The summed E-state index contributed by atoms with van der Waals surface area (Å²) in [6.07, 6.45) is 4.74. The molecule has 0 radical (unpaired) electrons. The highest BCUT2D eigenvalue weighted by molar-refractivity contribution is 7.99. The van der Waals surface area contributed by atoms with Crippen LogP contribution in [-0.4, -0.2) is 25.4 Å².